The summed E-state index contributed by atoms with van der Waals surface area (Å²) in [6.45, 7) is 7.35. The lowest BCUT2D eigenvalue weighted by atomic mass is 10.1. The first kappa shape index (κ1) is 26.5. The maximum absolute atomic E-state index is 13.2. The van der Waals surface area contributed by atoms with E-state index in [9.17, 15) is 9.59 Å². The largest absolute Gasteiger partial charge is 0.497 e. The van der Waals surface area contributed by atoms with Crippen LogP contribution < -0.4 is 14.8 Å². The summed E-state index contributed by atoms with van der Waals surface area (Å²) in [7, 11) is 1.61. The maximum Gasteiger partial charge on any atom is 0.242 e. The zero-order valence-corrected chi connectivity index (χ0v) is 20.7. The van der Waals surface area contributed by atoms with Crippen LogP contribution in [0.15, 0.2) is 48.5 Å². The second-order valence-electron chi connectivity index (χ2n) is 8.34. The monoisotopic (exact) mass is 474 g/mol. The molecule has 0 saturated heterocycles. The Labute approximate surface area is 202 Å². The molecule has 2 aromatic carbocycles. The van der Waals surface area contributed by atoms with Gasteiger partial charge in [0, 0.05) is 24.5 Å². The average Bonchev–Trinajstić information content (AvgIpc) is 2.81. The molecule has 0 radical (unpaired) electrons. The number of carbonyl (C=O) groups excluding carboxylic acids is 2. The predicted octanol–water partition coefficient (Wildman–Crippen LogP) is 5.09. The molecule has 1 atom stereocenters. The summed E-state index contributed by atoms with van der Waals surface area (Å²) in [5, 5.41) is 3.62. The summed E-state index contributed by atoms with van der Waals surface area (Å²) in [5.41, 5.74) is 0.941. The zero-order chi connectivity index (χ0) is 24.2. The fourth-order valence-corrected chi connectivity index (χ4v) is 3.48. The second-order valence-corrected chi connectivity index (χ2v) is 8.78. The number of nitrogens with zero attached hydrogens (tertiary/aromatic N) is 1. The minimum absolute atomic E-state index is 0.0722. The van der Waals surface area contributed by atoms with Gasteiger partial charge in [-0.25, -0.2) is 0 Å². The van der Waals surface area contributed by atoms with Gasteiger partial charge in [0.2, 0.25) is 11.8 Å². The molecule has 7 heteroatoms. The van der Waals surface area contributed by atoms with Crippen LogP contribution in [0.2, 0.25) is 5.02 Å². The lowest BCUT2D eigenvalue weighted by Crippen LogP contribution is -2.49. The van der Waals surface area contributed by atoms with Crippen molar-refractivity contribution < 1.29 is 19.1 Å². The summed E-state index contributed by atoms with van der Waals surface area (Å²) in [6.07, 6.45) is 1.37. The zero-order valence-electron chi connectivity index (χ0n) is 20.0. The van der Waals surface area contributed by atoms with Gasteiger partial charge in [0.1, 0.15) is 17.5 Å². The Kier molecular flexibility index (Phi) is 11.0. The average molecular weight is 475 g/mol. The van der Waals surface area contributed by atoms with Gasteiger partial charge in [-0.1, -0.05) is 44.5 Å². The van der Waals surface area contributed by atoms with Gasteiger partial charge >= 0.3 is 0 Å². The standard InChI is InChI=1S/C26H35ClN2O4/c1-5-24(26(31)28-17-19(2)3)29(18-20-8-12-22(32-4)13-9-20)25(30)7-6-16-33-23-14-10-21(27)11-15-23/h8-15,19,24H,5-7,16-18H2,1-4H3,(H,28,31)/t24-/m0/s1. The number of benzene rings is 2. The number of nitrogens with one attached hydrogen (secondary N) is 1. The minimum atomic E-state index is -0.532. The SMILES string of the molecule is CC[C@@H](C(=O)NCC(C)C)N(Cc1ccc(OC)cc1)C(=O)CCCOc1ccc(Cl)cc1. The molecule has 0 bridgehead atoms. The van der Waals surface area contributed by atoms with Crippen molar-refractivity contribution in [3.8, 4) is 11.5 Å². The number of hydrogen-bond donors (Lipinski definition) is 1. The van der Waals surface area contributed by atoms with E-state index < -0.39 is 6.04 Å². The van der Waals surface area contributed by atoms with Gasteiger partial charge in [-0.15, -0.1) is 0 Å². The smallest absolute Gasteiger partial charge is 0.242 e. The van der Waals surface area contributed by atoms with E-state index in [2.05, 4.69) is 5.32 Å². The molecule has 2 rings (SSSR count). The number of rotatable bonds is 13. The number of halogens is 1. The Balaban J connectivity index is 2.05. The molecule has 0 aliphatic heterocycles. The first-order valence-electron chi connectivity index (χ1n) is 11.4. The first-order chi connectivity index (χ1) is 15.8. The molecule has 0 heterocycles. The van der Waals surface area contributed by atoms with Crippen molar-refractivity contribution in [1.82, 2.24) is 10.2 Å². The van der Waals surface area contributed by atoms with Crippen LogP contribution in [0, 0.1) is 5.92 Å². The van der Waals surface area contributed by atoms with E-state index >= 15 is 0 Å². The topological polar surface area (TPSA) is 67.9 Å². The van der Waals surface area contributed by atoms with E-state index in [1.54, 1.807) is 36.3 Å². The van der Waals surface area contributed by atoms with Gasteiger partial charge < -0.3 is 19.7 Å². The molecule has 33 heavy (non-hydrogen) atoms. The fraction of sp³-hybridized carbons (Fsp3) is 0.462. The highest BCUT2D eigenvalue weighted by molar-refractivity contribution is 6.30. The Bertz CT molecular complexity index is 869. The van der Waals surface area contributed by atoms with Crippen LogP contribution in [-0.2, 0) is 16.1 Å². The van der Waals surface area contributed by atoms with E-state index in [4.69, 9.17) is 21.1 Å². The summed E-state index contributed by atoms with van der Waals surface area (Å²) in [5.74, 6) is 1.60. The fourth-order valence-electron chi connectivity index (χ4n) is 3.36. The number of methoxy groups -OCH3 is 1. The van der Waals surface area contributed by atoms with Crippen molar-refractivity contribution in [2.45, 2.75) is 52.6 Å². The van der Waals surface area contributed by atoms with Gasteiger partial charge in [0.15, 0.2) is 0 Å². The molecule has 0 spiro atoms. The van der Waals surface area contributed by atoms with Crippen molar-refractivity contribution in [2.24, 2.45) is 5.92 Å². The van der Waals surface area contributed by atoms with Gasteiger partial charge in [-0.05, 0) is 60.7 Å². The summed E-state index contributed by atoms with van der Waals surface area (Å²) < 4.78 is 10.9. The van der Waals surface area contributed by atoms with Crippen LogP contribution in [0.4, 0.5) is 0 Å². The molecule has 180 valence electrons. The van der Waals surface area contributed by atoms with E-state index in [0.29, 0.717) is 49.2 Å². The van der Waals surface area contributed by atoms with Crippen LogP contribution in [0.3, 0.4) is 0 Å². The van der Waals surface area contributed by atoms with Gasteiger partial charge in [0.25, 0.3) is 0 Å². The maximum atomic E-state index is 13.2. The molecule has 0 aliphatic carbocycles. The van der Waals surface area contributed by atoms with Crippen molar-refractivity contribution in [3.63, 3.8) is 0 Å². The number of hydrogen-bond acceptors (Lipinski definition) is 4. The first-order valence-corrected chi connectivity index (χ1v) is 11.8. The Morgan fingerprint density at radius 2 is 1.67 bits per heavy atom. The summed E-state index contributed by atoms with van der Waals surface area (Å²) >= 11 is 5.90. The highest BCUT2D eigenvalue weighted by Crippen LogP contribution is 2.18. The van der Waals surface area contributed by atoms with Crippen molar-refractivity contribution in [1.29, 1.82) is 0 Å². The molecule has 1 N–H and O–H groups in total. The van der Waals surface area contributed by atoms with E-state index in [-0.39, 0.29) is 18.2 Å². The van der Waals surface area contributed by atoms with Gasteiger partial charge in [-0.2, -0.15) is 0 Å². The Morgan fingerprint density at radius 1 is 1.03 bits per heavy atom. The van der Waals surface area contributed by atoms with Gasteiger partial charge in [0.05, 0.1) is 13.7 Å². The summed E-state index contributed by atoms with van der Waals surface area (Å²) in [4.78, 5) is 27.8. The second kappa shape index (κ2) is 13.7. The van der Waals surface area contributed by atoms with E-state index in [1.165, 1.54) is 0 Å². The van der Waals surface area contributed by atoms with Crippen molar-refractivity contribution in [2.75, 3.05) is 20.3 Å². The molecular formula is C26H35ClN2O4. The normalized spacial score (nSPS) is 11.7. The van der Waals surface area contributed by atoms with Crippen molar-refractivity contribution >= 4 is 23.4 Å². The Morgan fingerprint density at radius 3 is 2.24 bits per heavy atom. The number of ether oxygens (including phenoxy) is 2. The van der Waals surface area contributed by atoms with Crippen molar-refractivity contribution in [3.05, 3.63) is 59.1 Å². The minimum Gasteiger partial charge on any atom is -0.497 e. The third kappa shape index (κ3) is 8.97. The molecule has 2 amide bonds. The number of amides is 2. The highest BCUT2D eigenvalue weighted by Gasteiger charge is 2.28. The van der Waals surface area contributed by atoms with E-state index in [1.807, 2.05) is 45.0 Å². The third-order valence-electron chi connectivity index (χ3n) is 5.20. The lowest BCUT2D eigenvalue weighted by Gasteiger charge is -2.31. The van der Waals surface area contributed by atoms with Crippen LogP contribution in [0.1, 0.15) is 45.6 Å². The summed E-state index contributed by atoms with van der Waals surface area (Å²) in [6, 6.07) is 14.1. The Hall–Kier alpha value is -2.73. The molecule has 0 saturated carbocycles. The molecule has 0 fully saturated rings. The van der Waals surface area contributed by atoms with E-state index in [0.717, 1.165) is 11.3 Å². The molecule has 0 aromatic heterocycles. The van der Waals surface area contributed by atoms with Crippen LogP contribution in [0.5, 0.6) is 11.5 Å². The molecule has 6 nitrogen and oxygen atoms in total. The molecule has 2 aromatic rings. The molecule has 0 aliphatic rings. The van der Waals surface area contributed by atoms with Gasteiger partial charge in [-0.3, -0.25) is 9.59 Å². The quantitative estimate of drug-likeness (QED) is 0.411. The molecular weight excluding hydrogens is 440 g/mol. The molecule has 0 unspecified atom stereocenters. The highest BCUT2D eigenvalue weighted by atomic mass is 35.5. The third-order valence-corrected chi connectivity index (χ3v) is 5.45. The lowest BCUT2D eigenvalue weighted by molar-refractivity contribution is -0.141. The number of carbonyl (C=O) groups is 2. The van der Waals surface area contributed by atoms with Crippen LogP contribution >= 0.6 is 11.6 Å². The van der Waals surface area contributed by atoms with Crippen LogP contribution in [-0.4, -0.2) is 43.0 Å². The van der Waals surface area contributed by atoms with Crippen LogP contribution in [0.25, 0.3) is 0 Å². The predicted molar refractivity (Wildman–Crippen MR) is 132 cm³/mol.